The summed E-state index contributed by atoms with van der Waals surface area (Å²) in [4.78, 5) is 14.6. The average molecular weight is 276 g/mol. The van der Waals surface area contributed by atoms with Gasteiger partial charge in [0.05, 0.1) is 0 Å². The molecule has 3 N–H and O–H groups in total. The molecule has 2 aliphatic rings. The Kier molecular flexibility index (Phi) is 3.32. The van der Waals surface area contributed by atoms with Crippen LogP contribution in [0.4, 0.5) is 0 Å². The van der Waals surface area contributed by atoms with E-state index in [0.717, 1.165) is 43.5 Å². The predicted octanol–water partition coefficient (Wildman–Crippen LogP) is 1.49. The minimum Gasteiger partial charge on any atom is -0.335 e. The highest BCUT2D eigenvalue weighted by Gasteiger charge is 2.35. The molecule has 1 aromatic heterocycles. The second kappa shape index (κ2) is 4.88. The van der Waals surface area contributed by atoms with Crippen molar-refractivity contribution < 1.29 is 4.79 Å². The SMILES string of the molecule is CC1(C)CC(N)CN(C(=O)c2n[nH]c3c2CCCC3)C1. The maximum atomic E-state index is 12.8. The molecule has 0 aromatic carbocycles. The molecular formula is C15H24N4O. The molecule has 1 atom stereocenters. The first-order valence-electron chi connectivity index (χ1n) is 7.57. The van der Waals surface area contributed by atoms with Crippen molar-refractivity contribution in [3.05, 3.63) is 17.0 Å². The second-order valence-corrected chi connectivity index (χ2v) is 7.05. The van der Waals surface area contributed by atoms with E-state index in [9.17, 15) is 4.79 Å². The van der Waals surface area contributed by atoms with E-state index >= 15 is 0 Å². The summed E-state index contributed by atoms with van der Waals surface area (Å²) in [6.45, 7) is 5.75. The molecule has 1 fully saturated rings. The summed E-state index contributed by atoms with van der Waals surface area (Å²) in [6, 6.07) is 0.0671. The minimum atomic E-state index is 0.0487. The molecule has 1 aromatic rings. The number of carbonyl (C=O) groups excluding carboxylic acids is 1. The average Bonchev–Trinajstić information content (AvgIpc) is 2.79. The van der Waals surface area contributed by atoms with Crippen LogP contribution >= 0.6 is 0 Å². The number of amides is 1. The molecule has 0 spiro atoms. The fourth-order valence-electron chi connectivity index (χ4n) is 3.67. The Labute approximate surface area is 119 Å². The molecule has 1 aliphatic heterocycles. The van der Waals surface area contributed by atoms with Gasteiger partial charge in [-0.3, -0.25) is 9.89 Å². The van der Waals surface area contributed by atoms with Crippen LogP contribution in [0, 0.1) is 5.41 Å². The van der Waals surface area contributed by atoms with Crippen molar-refractivity contribution in [1.29, 1.82) is 0 Å². The minimum absolute atomic E-state index is 0.0487. The van der Waals surface area contributed by atoms with E-state index in [1.54, 1.807) is 0 Å². The maximum absolute atomic E-state index is 12.8. The number of nitrogens with zero attached hydrogens (tertiary/aromatic N) is 2. The molecule has 3 rings (SSSR count). The molecule has 0 bridgehead atoms. The number of aromatic amines is 1. The van der Waals surface area contributed by atoms with E-state index in [1.165, 1.54) is 6.42 Å². The Morgan fingerprint density at radius 1 is 1.40 bits per heavy atom. The Balaban J connectivity index is 1.83. The van der Waals surface area contributed by atoms with Gasteiger partial charge in [0.1, 0.15) is 0 Å². The smallest absolute Gasteiger partial charge is 0.274 e. The zero-order valence-electron chi connectivity index (χ0n) is 12.4. The van der Waals surface area contributed by atoms with Crippen molar-refractivity contribution in [3.8, 4) is 0 Å². The van der Waals surface area contributed by atoms with Gasteiger partial charge in [0.2, 0.25) is 0 Å². The first-order valence-corrected chi connectivity index (χ1v) is 7.57. The van der Waals surface area contributed by atoms with Gasteiger partial charge in [-0.15, -0.1) is 0 Å². The van der Waals surface area contributed by atoms with Crippen LogP contribution in [0.1, 0.15) is 54.9 Å². The number of hydrogen-bond acceptors (Lipinski definition) is 3. The first-order chi connectivity index (χ1) is 9.46. The van der Waals surface area contributed by atoms with E-state index < -0.39 is 0 Å². The van der Waals surface area contributed by atoms with Crippen LogP contribution in [-0.4, -0.2) is 40.1 Å². The van der Waals surface area contributed by atoms with Crippen molar-refractivity contribution in [1.82, 2.24) is 15.1 Å². The number of rotatable bonds is 1. The van der Waals surface area contributed by atoms with Crippen LogP contribution in [0.2, 0.25) is 0 Å². The summed E-state index contributed by atoms with van der Waals surface area (Å²) in [6.07, 6.45) is 5.29. The molecule has 5 nitrogen and oxygen atoms in total. The van der Waals surface area contributed by atoms with Gasteiger partial charge in [-0.25, -0.2) is 0 Å². The van der Waals surface area contributed by atoms with Crippen LogP contribution in [0.5, 0.6) is 0 Å². The molecule has 20 heavy (non-hydrogen) atoms. The number of aromatic nitrogens is 2. The standard InChI is InChI=1S/C15H24N4O/c1-15(2)7-10(16)8-19(9-15)14(20)13-11-5-3-4-6-12(11)17-18-13/h10H,3-9,16H2,1-2H3,(H,17,18). The topological polar surface area (TPSA) is 75.0 Å². The third-order valence-corrected chi connectivity index (χ3v) is 4.43. The summed E-state index contributed by atoms with van der Waals surface area (Å²) in [5.41, 5.74) is 9.11. The fourth-order valence-corrected chi connectivity index (χ4v) is 3.67. The van der Waals surface area contributed by atoms with Crippen LogP contribution in [0.3, 0.4) is 0 Å². The number of aryl methyl sites for hydroxylation is 1. The lowest BCUT2D eigenvalue weighted by molar-refractivity contribution is 0.0537. The van der Waals surface area contributed by atoms with E-state index in [2.05, 4.69) is 24.0 Å². The molecule has 1 amide bonds. The summed E-state index contributed by atoms with van der Waals surface area (Å²) >= 11 is 0. The summed E-state index contributed by atoms with van der Waals surface area (Å²) in [5.74, 6) is 0.0487. The van der Waals surface area contributed by atoms with E-state index in [4.69, 9.17) is 5.73 Å². The van der Waals surface area contributed by atoms with Crippen LogP contribution in [-0.2, 0) is 12.8 Å². The number of fused-ring (bicyclic) bond motifs is 1. The molecule has 1 aliphatic carbocycles. The number of nitrogens with two attached hydrogens (primary N) is 1. The second-order valence-electron chi connectivity index (χ2n) is 7.05. The zero-order chi connectivity index (χ0) is 14.3. The van der Waals surface area contributed by atoms with Gasteiger partial charge < -0.3 is 10.6 Å². The molecule has 0 radical (unpaired) electrons. The summed E-state index contributed by atoms with van der Waals surface area (Å²) in [5, 5.41) is 7.34. The van der Waals surface area contributed by atoms with Crippen molar-refractivity contribution >= 4 is 5.91 Å². The molecule has 1 saturated heterocycles. The molecule has 0 saturated carbocycles. The maximum Gasteiger partial charge on any atom is 0.274 e. The van der Waals surface area contributed by atoms with Crippen LogP contribution < -0.4 is 5.73 Å². The van der Waals surface area contributed by atoms with E-state index in [0.29, 0.717) is 12.2 Å². The molecule has 110 valence electrons. The van der Waals surface area contributed by atoms with Gasteiger partial charge in [-0.1, -0.05) is 13.8 Å². The number of carbonyl (C=O) groups is 1. The number of hydrogen-bond donors (Lipinski definition) is 2. The van der Waals surface area contributed by atoms with Gasteiger partial charge in [0.25, 0.3) is 5.91 Å². The third kappa shape index (κ3) is 2.46. The molecular weight excluding hydrogens is 252 g/mol. The molecule has 2 heterocycles. The van der Waals surface area contributed by atoms with Crippen molar-refractivity contribution in [2.24, 2.45) is 11.1 Å². The number of nitrogens with one attached hydrogen (secondary N) is 1. The Hall–Kier alpha value is -1.36. The van der Waals surface area contributed by atoms with Gasteiger partial charge in [0, 0.05) is 30.4 Å². The first kappa shape index (κ1) is 13.6. The number of H-pyrrole nitrogens is 1. The summed E-state index contributed by atoms with van der Waals surface area (Å²) in [7, 11) is 0. The Bertz CT molecular complexity index is 520. The lowest BCUT2D eigenvalue weighted by atomic mass is 9.82. The van der Waals surface area contributed by atoms with Gasteiger partial charge in [-0.2, -0.15) is 5.10 Å². The lowest BCUT2D eigenvalue weighted by Gasteiger charge is -2.41. The Morgan fingerprint density at radius 2 is 2.15 bits per heavy atom. The summed E-state index contributed by atoms with van der Waals surface area (Å²) < 4.78 is 0. The van der Waals surface area contributed by atoms with E-state index in [-0.39, 0.29) is 17.4 Å². The normalized spacial score (nSPS) is 25.4. The van der Waals surface area contributed by atoms with Crippen LogP contribution in [0.25, 0.3) is 0 Å². The highest BCUT2D eigenvalue weighted by molar-refractivity contribution is 5.94. The van der Waals surface area contributed by atoms with Gasteiger partial charge in [0.15, 0.2) is 5.69 Å². The fraction of sp³-hybridized carbons (Fsp3) is 0.733. The van der Waals surface area contributed by atoms with Gasteiger partial charge in [-0.05, 0) is 37.5 Å². The zero-order valence-corrected chi connectivity index (χ0v) is 12.4. The quantitative estimate of drug-likeness (QED) is 0.816. The molecule has 1 unspecified atom stereocenters. The van der Waals surface area contributed by atoms with E-state index in [1.807, 2.05) is 4.90 Å². The highest BCUT2D eigenvalue weighted by atomic mass is 16.2. The van der Waals surface area contributed by atoms with Crippen molar-refractivity contribution in [2.75, 3.05) is 13.1 Å². The van der Waals surface area contributed by atoms with Gasteiger partial charge >= 0.3 is 0 Å². The Morgan fingerprint density at radius 3 is 2.90 bits per heavy atom. The van der Waals surface area contributed by atoms with Crippen molar-refractivity contribution in [3.63, 3.8) is 0 Å². The predicted molar refractivity (Wildman–Crippen MR) is 77.5 cm³/mol. The third-order valence-electron chi connectivity index (χ3n) is 4.43. The van der Waals surface area contributed by atoms with Crippen LogP contribution in [0.15, 0.2) is 0 Å². The highest BCUT2D eigenvalue weighted by Crippen LogP contribution is 2.30. The molecule has 5 heteroatoms. The van der Waals surface area contributed by atoms with Crippen molar-refractivity contribution in [2.45, 2.75) is 52.0 Å². The lowest BCUT2D eigenvalue weighted by Crippen LogP contribution is -2.52. The largest absolute Gasteiger partial charge is 0.335 e. The number of piperidine rings is 1. The number of likely N-dealkylation sites (tertiary alicyclic amines) is 1. The monoisotopic (exact) mass is 276 g/mol.